The lowest BCUT2D eigenvalue weighted by Gasteiger charge is -2.26. The number of pyridine rings is 1. The molecule has 2 amide bonds. The Balaban J connectivity index is 1.71. The molecule has 0 bridgehead atoms. The van der Waals surface area contributed by atoms with Gasteiger partial charge in [0.05, 0.1) is 13.2 Å². The molecule has 136 valence electrons. The second kappa shape index (κ2) is 8.10. The van der Waals surface area contributed by atoms with Crippen molar-refractivity contribution < 1.29 is 14.3 Å². The molecule has 0 atom stereocenters. The molecule has 2 heterocycles. The van der Waals surface area contributed by atoms with Crippen LogP contribution in [0, 0.1) is 6.92 Å². The molecule has 0 unspecified atom stereocenters. The zero-order valence-electron chi connectivity index (χ0n) is 15.1. The number of carbonyl (C=O) groups excluding carboxylic acids is 2. The fourth-order valence-electron chi connectivity index (χ4n) is 2.87. The van der Waals surface area contributed by atoms with Crippen molar-refractivity contribution in [1.82, 2.24) is 9.88 Å². The first-order valence-electron chi connectivity index (χ1n) is 8.83. The molecule has 0 spiro atoms. The van der Waals surface area contributed by atoms with Crippen LogP contribution in [0.4, 0.5) is 5.82 Å². The number of anilines is 1. The third kappa shape index (κ3) is 4.08. The van der Waals surface area contributed by atoms with Crippen molar-refractivity contribution in [3.8, 4) is 0 Å². The number of aromatic nitrogens is 1. The van der Waals surface area contributed by atoms with Crippen molar-refractivity contribution in [2.75, 3.05) is 31.6 Å². The highest BCUT2D eigenvalue weighted by atomic mass is 16.5. The molecule has 1 fully saturated rings. The summed E-state index contributed by atoms with van der Waals surface area (Å²) >= 11 is 0. The number of amides is 2. The third-order valence-electron chi connectivity index (χ3n) is 4.42. The minimum Gasteiger partial charge on any atom is -0.378 e. The second-order valence-electron chi connectivity index (χ2n) is 6.25. The van der Waals surface area contributed by atoms with E-state index in [0.717, 1.165) is 17.7 Å². The van der Waals surface area contributed by atoms with Gasteiger partial charge in [-0.15, -0.1) is 0 Å². The Morgan fingerprint density at radius 3 is 2.38 bits per heavy atom. The van der Waals surface area contributed by atoms with Gasteiger partial charge in [0.15, 0.2) is 0 Å². The van der Waals surface area contributed by atoms with E-state index in [4.69, 9.17) is 4.74 Å². The highest BCUT2D eigenvalue weighted by molar-refractivity contribution is 6.05. The first-order valence-corrected chi connectivity index (χ1v) is 8.83. The number of nitrogens with zero attached hydrogens (tertiary/aromatic N) is 2. The molecule has 0 radical (unpaired) electrons. The largest absolute Gasteiger partial charge is 0.378 e. The number of benzene rings is 1. The molecule has 3 rings (SSSR count). The van der Waals surface area contributed by atoms with Gasteiger partial charge < -0.3 is 15.0 Å². The third-order valence-corrected chi connectivity index (χ3v) is 4.42. The molecule has 6 nitrogen and oxygen atoms in total. The zero-order valence-corrected chi connectivity index (χ0v) is 15.1. The number of aryl methyl sites for hydroxylation is 2. The minimum atomic E-state index is -0.233. The Bertz CT molecular complexity index is 796. The normalized spacial score (nSPS) is 14.2. The van der Waals surface area contributed by atoms with Crippen LogP contribution in [0.5, 0.6) is 0 Å². The lowest BCUT2D eigenvalue weighted by Crippen LogP contribution is -2.40. The van der Waals surface area contributed by atoms with Crippen LogP contribution in [0.1, 0.15) is 38.9 Å². The van der Waals surface area contributed by atoms with E-state index in [1.54, 1.807) is 29.2 Å². The molecule has 2 aromatic rings. The standard InChI is InChI=1S/C20H23N3O3/c1-3-15-5-4-14(2)21-18(15)22-19(24)16-6-8-17(9-7-16)20(25)23-10-12-26-13-11-23/h4-9H,3,10-13H2,1-2H3,(H,21,22,24). The van der Waals surface area contributed by atoms with Gasteiger partial charge in [0.2, 0.25) is 0 Å². The van der Waals surface area contributed by atoms with Gasteiger partial charge in [-0.25, -0.2) is 4.98 Å². The van der Waals surface area contributed by atoms with Crippen LogP contribution < -0.4 is 5.32 Å². The molecule has 26 heavy (non-hydrogen) atoms. The van der Waals surface area contributed by atoms with Crippen LogP contribution >= 0.6 is 0 Å². The van der Waals surface area contributed by atoms with Gasteiger partial charge in [-0.3, -0.25) is 9.59 Å². The molecule has 1 saturated heterocycles. The predicted molar refractivity (Wildman–Crippen MR) is 99.5 cm³/mol. The summed E-state index contributed by atoms with van der Waals surface area (Å²) in [7, 11) is 0. The quantitative estimate of drug-likeness (QED) is 0.917. The molecule has 6 heteroatoms. The molecule has 1 aromatic carbocycles. The maximum Gasteiger partial charge on any atom is 0.256 e. The first-order chi connectivity index (χ1) is 12.6. The van der Waals surface area contributed by atoms with Crippen molar-refractivity contribution in [3.05, 3.63) is 58.8 Å². The Labute approximate surface area is 153 Å². The SMILES string of the molecule is CCc1ccc(C)nc1NC(=O)c1ccc(C(=O)N2CCOCC2)cc1. The maximum atomic E-state index is 12.5. The van der Waals surface area contributed by atoms with E-state index in [-0.39, 0.29) is 11.8 Å². The van der Waals surface area contributed by atoms with Gasteiger partial charge in [-0.05, 0) is 49.2 Å². The summed E-state index contributed by atoms with van der Waals surface area (Å²) < 4.78 is 5.27. The van der Waals surface area contributed by atoms with Crippen molar-refractivity contribution in [2.24, 2.45) is 0 Å². The van der Waals surface area contributed by atoms with E-state index >= 15 is 0 Å². The first kappa shape index (κ1) is 18.1. The Kier molecular flexibility index (Phi) is 5.63. The monoisotopic (exact) mass is 353 g/mol. The van der Waals surface area contributed by atoms with Crippen molar-refractivity contribution in [1.29, 1.82) is 0 Å². The lowest BCUT2D eigenvalue weighted by molar-refractivity contribution is 0.0303. The topological polar surface area (TPSA) is 71.5 Å². The predicted octanol–water partition coefficient (Wildman–Crippen LogP) is 2.68. The fraction of sp³-hybridized carbons (Fsp3) is 0.350. The highest BCUT2D eigenvalue weighted by Gasteiger charge is 2.19. The smallest absolute Gasteiger partial charge is 0.256 e. The average molecular weight is 353 g/mol. The van der Waals surface area contributed by atoms with E-state index < -0.39 is 0 Å². The maximum absolute atomic E-state index is 12.5. The van der Waals surface area contributed by atoms with Gasteiger partial charge >= 0.3 is 0 Å². The van der Waals surface area contributed by atoms with Crippen LogP contribution in [0.2, 0.25) is 0 Å². The van der Waals surface area contributed by atoms with E-state index in [2.05, 4.69) is 10.3 Å². The number of carbonyl (C=O) groups is 2. The van der Waals surface area contributed by atoms with Gasteiger partial charge in [0, 0.05) is 29.9 Å². The van der Waals surface area contributed by atoms with E-state index in [1.807, 2.05) is 26.0 Å². The molecule has 1 aliphatic rings. The average Bonchev–Trinajstić information content (AvgIpc) is 2.68. The Morgan fingerprint density at radius 2 is 1.73 bits per heavy atom. The van der Waals surface area contributed by atoms with Gasteiger partial charge in [-0.1, -0.05) is 13.0 Å². The Hall–Kier alpha value is -2.73. The highest BCUT2D eigenvalue weighted by Crippen LogP contribution is 2.16. The lowest BCUT2D eigenvalue weighted by atomic mass is 10.1. The number of hydrogen-bond donors (Lipinski definition) is 1. The van der Waals surface area contributed by atoms with E-state index in [9.17, 15) is 9.59 Å². The number of rotatable bonds is 4. The van der Waals surface area contributed by atoms with Crippen LogP contribution in [0.25, 0.3) is 0 Å². The van der Waals surface area contributed by atoms with Crippen LogP contribution in [-0.4, -0.2) is 48.0 Å². The number of ether oxygens (including phenoxy) is 1. The van der Waals surface area contributed by atoms with Crippen molar-refractivity contribution >= 4 is 17.6 Å². The summed E-state index contributed by atoms with van der Waals surface area (Å²) in [5, 5.41) is 2.87. The summed E-state index contributed by atoms with van der Waals surface area (Å²) in [6.45, 7) is 6.24. The van der Waals surface area contributed by atoms with E-state index in [1.165, 1.54) is 0 Å². The van der Waals surface area contributed by atoms with E-state index in [0.29, 0.717) is 43.2 Å². The molecular formula is C20H23N3O3. The van der Waals surface area contributed by atoms with Crippen LogP contribution in [0.3, 0.4) is 0 Å². The molecule has 1 N–H and O–H groups in total. The summed E-state index contributed by atoms with van der Waals surface area (Å²) in [6.07, 6.45) is 0.788. The summed E-state index contributed by atoms with van der Waals surface area (Å²) in [6, 6.07) is 10.6. The summed E-state index contributed by atoms with van der Waals surface area (Å²) in [4.78, 5) is 31.1. The molecule has 0 aliphatic carbocycles. The van der Waals surface area contributed by atoms with Crippen molar-refractivity contribution in [3.63, 3.8) is 0 Å². The zero-order chi connectivity index (χ0) is 18.5. The molecule has 1 aromatic heterocycles. The summed E-state index contributed by atoms with van der Waals surface area (Å²) in [5.41, 5.74) is 2.91. The molecule has 0 saturated carbocycles. The molecule has 1 aliphatic heterocycles. The number of nitrogens with one attached hydrogen (secondary N) is 1. The van der Waals surface area contributed by atoms with Gasteiger partial charge in [0.1, 0.15) is 5.82 Å². The fourth-order valence-corrected chi connectivity index (χ4v) is 2.87. The van der Waals surface area contributed by atoms with Gasteiger partial charge in [0.25, 0.3) is 11.8 Å². The summed E-state index contributed by atoms with van der Waals surface area (Å²) in [5.74, 6) is 0.322. The van der Waals surface area contributed by atoms with Crippen LogP contribution in [0.15, 0.2) is 36.4 Å². The number of morpholine rings is 1. The second-order valence-corrected chi connectivity index (χ2v) is 6.25. The van der Waals surface area contributed by atoms with Gasteiger partial charge in [-0.2, -0.15) is 0 Å². The molecular weight excluding hydrogens is 330 g/mol. The Morgan fingerprint density at radius 1 is 1.08 bits per heavy atom. The van der Waals surface area contributed by atoms with Crippen LogP contribution in [-0.2, 0) is 11.2 Å². The number of hydrogen-bond acceptors (Lipinski definition) is 4. The van der Waals surface area contributed by atoms with Crippen molar-refractivity contribution in [2.45, 2.75) is 20.3 Å². The minimum absolute atomic E-state index is 0.0334.